The zero-order chi connectivity index (χ0) is 19.8. The minimum atomic E-state index is -0.759. The highest BCUT2D eigenvalue weighted by molar-refractivity contribution is 6.35. The smallest absolute Gasteiger partial charge is 0.281 e. The highest BCUT2D eigenvalue weighted by atomic mass is 35.5. The van der Waals surface area contributed by atoms with Gasteiger partial charge in [-0.1, -0.05) is 22.9 Å². The molecule has 1 saturated heterocycles. The van der Waals surface area contributed by atoms with E-state index in [0.717, 1.165) is 36.9 Å². The molecule has 0 N–H and O–H groups in total. The van der Waals surface area contributed by atoms with Gasteiger partial charge in [0, 0.05) is 12.5 Å². The third-order valence-electron chi connectivity index (χ3n) is 6.00. The van der Waals surface area contributed by atoms with Gasteiger partial charge in [-0.05, 0) is 44.7 Å². The summed E-state index contributed by atoms with van der Waals surface area (Å²) in [4.78, 5) is 18.3. The van der Waals surface area contributed by atoms with Crippen molar-refractivity contribution in [1.29, 1.82) is 0 Å². The van der Waals surface area contributed by atoms with Crippen LogP contribution in [0, 0.1) is 0 Å². The van der Waals surface area contributed by atoms with E-state index in [2.05, 4.69) is 15.3 Å². The summed E-state index contributed by atoms with van der Waals surface area (Å²) < 4.78 is 11.1. The molecule has 6 rings (SSSR count). The number of rotatable bonds is 3. The Morgan fingerprint density at radius 2 is 2.14 bits per heavy atom. The summed E-state index contributed by atoms with van der Waals surface area (Å²) in [5.41, 5.74) is 1.86. The summed E-state index contributed by atoms with van der Waals surface area (Å²) in [6.45, 7) is 2.55. The molecule has 3 aromatic heterocycles. The minimum Gasteiger partial charge on any atom is -0.355 e. The summed E-state index contributed by atoms with van der Waals surface area (Å²) in [5, 5.41) is 9.01. The van der Waals surface area contributed by atoms with Gasteiger partial charge in [-0.3, -0.25) is 13.8 Å². The second kappa shape index (κ2) is 5.90. The maximum atomic E-state index is 13.8. The fourth-order valence-electron chi connectivity index (χ4n) is 4.35. The van der Waals surface area contributed by atoms with E-state index < -0.39 is 5.72 Å². The van der Waals surface area contributed by atoms with Crippen molar-refractivity contribution in [1.82, 2.24) is 28.9 Å². The van der Waals surface area contributed by atoms with Gasteiger partial charge >= 0.3 is 0 Å². The minimum absolute atomic E-state index is 0.203. The summed E-state index contributed by atoms with van der Waals surface area (Å²) in [5.74, 6) is 0.936. The van der Waals surface area contributed by atoms with Gasteiger partial charge in [-0.15, -0.1) is 5.10 Å². The molecular weight excluding hydrogens is 392 g/mol. The van der Waals surface area contributed by atoms with E-state index in [-0.39, 0.29) is 5.56 Å². The Morgan fingerprint density at radius 1 is 1.28 bits per heavy atom. The zero-order valence-electron chi connectivity index (χ0n) is 15.9. The molecule has 1 saturated carbocycles. The topological polar surface area (TPSA) is 79.2 Å². The third kappa shape index (κ3) is 2.42. The number of nitrogens with zero attached hydrogens (tertiary/aromatic N) is 6. The van der Waals surface area contributed by atoms with E-state index in [0.29, 0.717) is 34.4 Å². The summed E-state index contributed by atoms with van der Waals surface area (Å²) in [6.07, 6.45) is 7.41. The van der Waals surface area contributed by atoms with E-state index in [4.69, 9.17) is 16.3 Å². The molecule has 0 spiro atoms. The van der Waals surface area contributed by atoms with Crippen LogP contribution in [0.3, 0.4) is 0 Å². The lowest BCUT2D eigenvalue weighted by atomic mass is 10.1. The number of imidazole rings is 1. The molecule has 4 aromatic rings. The predicted molar refractivity (Wildman–Crippen MR) is 108 cm³/mol. The normalized spacial score (nSPS) is 22.1. The maximum absolute atomic E-state index is 13.8. The summed E-state index contributed by atoms with van der Waals surface area (Å²) in [6, 6.07) is 5.60. The second-order valence-electron chi connectivity index (χ2n) is 8.02. The summed E-state index contributed by atoms with van der Waals surface area (Å²) >= 11 is 6.57. The van der Waals surface area contributed by atoms with Crippen molar-refractivity contribution in [3.63, 3.8) is 0 Å². The lowest BCUT2D eigenvalue weighted by Crippen LogP contribution is -2.39. The first-order valence-electron chi connectivity index (χ1n) is 9.84. The number of ether oxygens (including phenoxy) is 1. The van der Waals surface area contributed by atoms with Crippen molar-refractivity contribution in [2.24, 2.45) is 0 Å². The molecule has 1 aliphatic carbocycles. The van der Waals surface area contributed by atoms with E-state index in [1.165, 1.54) is 0 Å². The molecule has 1 unspecified atom stereocenters. The van der Waals surface area contributed by atoms with E-state index in [1.807, 2.05) is 25.3 Å². The fraction of sp³-hybridized carbons (Fsp3) is 0.400. The number of benzene rings is 1. The average Bonchev–Trinajstić information content (AvgIpc) is 3.10. The molecule has 148 valence electrons. The van der Waals surface area contributed by atoms with Crippen LogP contribution in [0.1, 0.15) is 44.2 Å². The number of fused-ring (bicyclic) bond motifs is 3. The SMILES string of the molecule is CC1(n2c(=O)c3c(-n4cc(C5CC5)nn4)ncn3c3cccc(Cl)c32)CCCO1. The highest BCUT2D eigenvalue weighted by Crippen LogP contribution is 2.39. The standard InChI is InChI=1S/C20H19ClN6O2/c1-20(8-3-9-29-20)27-16-13(21)4-2-5-15(16)25-11-22-18(17(25)19(27)28)26-10-14(23-24-26)12-6-7-12/h2,4-5,10-12H,3,6-9H2,1H3. The predicted octanol–water partition coefficient (Wildman–Crippen LogP) is 3.24. The number of para-hydroxylation sites is 1. The van der Waals surface area contributed by atoms with Crippen LogP contribution in [0.5, 0.6) is 0 Å². The summed E-state index contributed by atoms with van der Waals surface area (Å²) in [7, 11) is 0. The quantitative estimate of drug-likeness (QED) is 0.518. The Balaban J connectivity index is 1.70. The Labute approximate surface area is 170 Å². The van der Waals surface area contributed by atoms with Gasteiger partial charge in [-0.25, -0.2) is 4.98 Å². The molecule has 9 heteroatoms. The first-order valence-corrected chi connectivity index (χ1v) is 10.2. The molecule has 0 bridgehead atoms. The first-order chi connectivity index (χ1) is 14.1. The Kier molecular flexibility index (Phi) is 3.49. The first kappa shape index (κ1) is 17.2. The van der Waals surface area contributed by atoms with E-state index in [9.17, 15) is 4.79 Å². The maximum Gasteiger partial charge on any atom is 0.281 e. The van der Waals surface area contributed by atoms with Gasteiger partial charge in [0.05, 0.1) is 27.9 Å². The van der Waals surface area contributed by atoms with Gasteiger partial charge < -0.3 is 4.74 Å². The molecule has 1 atom stereocenters. The van der Waals surface area contributed by atoms with Crippen molar-refractivity contribution in [3.05, 3.63) is 51.8 Å². The number of hydrogen-bond donors (Lipinski definition) is 0. The number of aromatic nitrogens is 6. The van der Waals surface area contributed by atoms with Crippen LogP contribution in [0.4, 0.5) is 0 Å². The van der Waals surface area contributed by atoms with Crippen LogP contribution in [-0.4, -0.2) is 35.6 Å². The lowest BCUT2D eigenvalue weighted by molar-refractivity contribution is -0.0447. The number of halogens is 1. The third-order valence-corrected chi connectivity index (χ3v) is 6.30. The van der Waals surface area contributed by atoms with Gasteiger partial charge in [-0.2, -0.15) is 4.68 Å². The van der Waals surface area contributed by atoms with Gasteiger partial charge in [0.1, 0.15) is 12.1 Å². The Bertz CT molecular complexity index is 1330. The second-order valence-corrected chi connectivity index (χ2v) is 8.43. The molecule has 8 nitrogen and oxygen atoms in total. The average molecular weight is 411 g/mol. The Morgan fingerprint density at radius 3 is 2.90 bits per heavy atom. The number of hydrogen-bond acceptors (Lipinski definition) is 5. The van der Waals surface area contributed by atoms with Crippen molar-refractivity contribution in [2.75, 3.05) is 6.61 Å². The van der Waals surface area contributed by atoms with Gasteiger partial charge in [0.15, 0.2) is 11.3 Å². The van der Waals surface area contributed by atoms with Crippen LogP contribution in [0.25, 0.3) is 22.4 Å². The van der Waals surface area contributed by atoms with Gasteiger partial charge in [0.25, 0.3) is 5.56 Å². The van der Waals surface area contributed by atoms with Crippen molar-refractivity contribution >= 4 is 28.2 Å². The molecule has 2 aliphatic rings. The largest absolute Gasteiger partial charge is 0.355 e. The van der Waals surface area contributed by atoms with E-state index in [1.54, 1.807) is 26.0 Å². The molecular formula is C20H19ClN6O2. The van der Waals surface area contributed by atoms with Crippen molar-refractivity contribution in [3.8, 4) is 5.82 Å². The Hall–Kier alpha value is -2.71. The molecule has 29 heavy (non-hydrogen) atoms. The van der Waals surface area contributed by atoms with Crippen LogP contribution in [0.15, 0.2) is 35.5 Å². The van der Waals surface area contributed by atoms with E-state index >= 15 is 0 Å². The van der Waals surface area contributed by atoms with Crippen LogP contribution < -0.4 is 5.56 Å². The molecule has 1 aliphatic heterocycles. The van der Waals surface area contributed by atoms with Crippen LogP contribution in [0.2, 0.25) is 5.02 Å². The highest BCUT2D eigenvalue weighted by Gasteiger charge is 2.36. The lowest BCUT2D eigenvalue weighted by Gasteiger charge is -2.28. The fourth-order valence-corrected chi connectivity index (χ4v) is 4.61. The molecule has 1 aromatic carbocycles. The molecule has 0 radical (unpaired) electrons. The molecule has 2 fully saturated rings. The molecule has 4 heterocycles. The van der Waals surface area contributed by atoms with Crippen LogP contribution in [-0.2, 0) is 10.5 Å². The molecule has 0 amide bonds. The zero-order valence-corrected chi connectivity index (χ0v) is 16.6. The monoisotopic (exact) mass is 410 g/mol. The van der Waals surface area contributed by atoms with Crippen molar-refractivity contribution in [2.45, 2.75) is 44.2 Å². The van der Waals surface area contributed by atoms with Gasteiger partial charge in [0.2, 0.25) is 0 Å². The van der Waals surface area contributed by atoms with Crippen molar-refractivity contribution < 1.29 is 4.74 Å². The van der Waals surface area contributed by atoms with Crippen LogP contribution >= 0.6 is 11.6 Å².